The SMILES string of the molecule is CC(=O)O[C@H]1C(=O)[C@@]2(C)C([C@H](OC(=O)c3ccccc3)[C@]3(O)C[C@H](O)C(C)=C1C3(C)C)[C@@]1(OC(C)=O)CO[C@@H]1C[C@@H]2OSc1ccccc1[N+](=O)[O-]. The fourth-order valence-electron chi connectivity index (χ4n) is 8.81. The van der Waals surface area contributed by atoms with Crippen molar-refractivity contribution in [2.45, 2.75) is 101 Å². The number of ether oxygens (including phenoxy) is 4. The molecular weight excluding hydrogens is 698 g/mol. The van der Waals surface area contributed by atoms with Gasteiger partial charge in [0.05, 0.1) is 40.6 Å². The topological polar surface area (TPSA) is 198 Å². The van der Waals surface area contributed by atoms with E-state index >= 15 is 4.79 Å². The molecule has 0 amide bonds. The zero-order valence-electron chi connectivity index (χ0n) is 29.5. The first-order valence-corrected chi connectivity index (χ1v) is 17.6. The lowest BCUT2D eigenvalue weighted by molar-refractivity contribution is -0.387. The van der Waals surface area contributed by atoms with Crippen LogP contribution in [0.15, 0.2) is 70.6 Å². The van der Waals surface area contributed by atoms with E-state index < -0.39 is 87.1 Å². The number of Topliss-reactive ketones (excluding diaryl/α,β-unsaturated/α-hetero) is 1. The number of nitro groups is 1. The number of carbonyl (C=O) groups is 4. The highest BCUT2D eigenvalue weighted by Crippen LogP contribution is 2.65. The molecule has 1 unspecified atom stereocenters. The lowest BCUT2D eigenvalue weighted by atomic mass is 9.44. The number of esters is 3. The van der Waals surface area contributed by atoms with Crippen LogP contribution in [0.5, 0.6) is 0 Å². The highest BCUT2D eigenvalue weighted by Gasteiger charge is 2.78. The minimum Gasteiger partial charge on any atom is -0.455 e. The van der Waals surface area contributed by atoms with Crippen LogP contribution < -0.4 is 0 Å². The van der Waals surface area contributed by atoms with Crippen LogP contribution in [-0.2, 0) is 37.5 Å². The Balaban J connectivity index is 1.63. The molecule has 3 aliphatic carbocycles. The number of nitrogens with zero attached hydrogens (tertiary/aromatic N) is 1. The van der Waals surface area contributed by atoms with Crippen LogP contribution in [0.4, 0.5) is 5.69 Å². The first kappa shape index (κ1) is 37.6. The molecular formula is C37H41NO13S. The Morgan fingerprint density at radius 3 is 2.25 bits per heavy atom. The molecule has 2 saturated carbocycles. The predicted molar refractivity (Wildman–Crippen MR) is 183 cm³/mol. The Morgan fingerprint density at radius 2 is 1.65 bits per heavy atom. The molecule has 1 aliphatic heterocycles. The zero-order chi connectivity index (χ0) is 38.0. The second-order valence-corrected chi connectivity index (χ2v) is 15.4. The maximum absolute atomic E-state index is 15.5. The summed E-state index contributed by atoms with van der Waals surface area (Å²) >= 11 is 0.651. The molecule has 0 aromatic heterocycles. The van der Waals surface area contributed by atoms with E-state index in [9.17, 15) is 34.7 Å². The average molecular weight is 740 g/mol. The smallest absolute Gasteiger partial charge is 0.338 e. The van der Waals surface area contributed by atoms with Gasteiger partial charge in [0.2, 0.25) is 0 Å². The number of nitro benzene ring substituents is 1. The zero-order valence-corrected chi connectivity index (χ0v) is 30.3. The van der Waals surface area contributed by atoms with Crippen molar-refractivity contribution >= 4 is 41.4 Å². The Morgan fingerprint density at radius 1 is 1.00 bits per heavy atom. The van der Waals surface area contributed by atoms with Gasteiger partial charge in [-0.25, -0.2) is 4.79 Å². The van der Waals surface area contributed by atoms with E-state index in [0.29, 0.717) is 12.0 Å². The van der Waals surface area contributed by atoms with E-state index in [1.54, 1.807) is 45.0 Å². The summed E-state index contributed by atoms with van der Waals surface area (Å²) in [6.07, 6.45) is -7.39. The molecule has 1 saturated heterocycles. The quantitative estimate of drug-likeness (QED) is 0.0971. The van der Waals surface area contributed by atoms with Crippen molar-refractivity contribution in [3.63, 3.8) is 0 Å². The van der Waals surface area contributed by atoms with Crippen LogP contribution in [-0.4, -0.2) is 87.2 Å². The van der Waals surface area contributed by atoms with Crippen molar-refractivity contribution in [2.75, 3.05) is 6.61 Å². The second kappa shape index (κ2) is 13.4. The van der Waals surface area contributed by atoms with Crippen LogP contribution in [0.2, 0.25) is 0 Å². The van der Waals surface area contributed by atoms with Gasteiger partial charge in [0.1, 0.15) is 22.7 Å². The van der Waals surface area contributed by atoms with Crippen LogP contribution in [0.25, 0.3) is 0 Å². The summed E-state index contributed by atoms with van der Waals surface area (Å²) in [4.78, 5) is 66.8. The monoisotopic (exact) mass is 739 g/mol. The molecule has 2 aromatic carbocycles. The molecule has 6 rings (SSSR count). The van der Waals surface area contributed by atoms with Crippen LogP contribution in [0, 0.1) is 26.9 Å². The molecule has 0 radical (unpaired) electrons. The largest absolute Gasteiger partial charge is 0.455 e. The lowest BCUT2D eigenvalue weighted by Gasteiger charge is -2.67. The van der Waals surface area contributed by atoms with Crippen LogP contribution >= 0.6 is 12.0 Å². The molecule has 1 heterocycles. The number of aliphatic hydroxyl groups excluding tert-OH is 1. The van der Waals surface area contributed by atoms with E-state index in [2.05, 4.69) is 0 Å². The molecule has 14 nitrogen and oxygen atoms in total. The predicted octanol–water partition coefficient (Wildman–Crippen LogP) is 4.29. The number of fused-ring (bicyclic) bond motifs is 5. The van der Waals surface area contributed by atoms with Gasteiger partial charge in [0.15, 0.2) is 17.5 Å². The number of benzene rings is 2. The minimum atomic E-state index is -2.20. The lowest BCUT2D eigenvalue weighted by Crippen LogP contribution is -2.82. The van der Waals surface area contributed by atoms with Crippen molar-refractivity contribution in [2.24, 2.45) is 16.7 Å². The molecule has 15 heteroatoms. The highest BCUT2D eigenvalue weighted by molar-refractivity contribution is 7.94. The minimum absolute atomic E-state index is 0.0890. The van der Waals surface area contributed by atoms with Crippen molar-refractivity contribution in [3.05, 3.63) is 81.4 Å². The second-order valence-electron chi connectivity index (χ2n) is 14.6. The molecule has 9 atom stereocenters. The van der Waals surface area contributed by atoms with Gasteiger partial charge in [0, 0.05) is 50.2 Å². The van der Waals surface area contributed by atoms with E-state index in [4.69, 9.17) is 23.1 Å². The summed E-state index contributed by atoms with van der Waals surface area (Å²) in [5.41, 5.74) is -7.05. The summed E-state index contributed by atoms with van der Waals surface area (Å²) in [7, 11) is 0. The van der Waals surface area contributed by atoms with E-state index in [-0.39, 0.29) is 46.7 Å². The maximum Gasteiger partial charge on any atom is 0.338 e. The van der Waals surface area contributed by atoms with E-state index in [0.717, 1.165) is 6.92 Å². The number of carbonyl (C=O) groups excluding carboxylic acids is 4. The van der Waals surface area contributed by atoms with Crippen molar-refractivity contribution in [1.29, 1.82) is 0 Å². The molecule has 2 aromatic rings. The molecule has 52 heavy (non-hydrogen) atoms. The number of aliphatic hydroxyl groups is 2. The Labute approximate surface area is 304 Å². The Hall–Kier alpha value is -4.15. The van der Waals surface area contributed by atoms with Gasteiger partial charge in [-0.1, -0.05) is 44.2 Å². The summed E-state index contributed by atoms with van der Waals surface area (Å²) < 4.78 is 30.7. The molecule has 2 N–H and O–H groups in total. The Bertz CT molecular complexity index is 1850. The van der Waals surface area contributed by atoms with Gasteiger partial charge < -0.3 is 33.3 Å². The third-order valence-electron chi connectivity index (χ3n) is 11.5. The number of hydrogen-bond donors (Lipinski definition) is 2. The summed E-state index contributed by atoms with van der Waals surface area (Å²) in [6.45, 7) is 8.36. The van der Waals surface area contributed by atoms with Crippen molar-refractivity contribution in [3.8, 4) is 0 Å². The summed E-state index contributed by atoms with van der Waals surface area (Å²) in [5, 5.41) is 36.6. The fourth-order valence-corrected chi connectivity index (χ4v) is 9.67. The van der Waals surface area contributed by atoms with Gasteiger partial charge in [-0.15, -0.1) is 0 Å². The third-order valence-corrected chi connectivity index (χ3v) is 12.3. The fraction of sp³-hybridized carbons (Fsp3) is 0.514. The normalized spacial score (nSPS) is 34.7. The molecule has 278 valence electrons. The maximum atomic E-state index is 15.5. The van der Waals surface area contributed by atoms with E-state index in [1.807, 2.05) is 0 Å². The van der Waals surface area contributed by atoms with Gasteiger partial charge in [-0.2, -0.15) is 0 Å². The van der Waals surface area contributed by atoms with Gasteiger partial charge in [-0.3, -0.25) is 24.5 Å². The van der Waals surface area contributed by atoms with Crippen LogP contribution in [0.3, 0.4) is 0 Å². The molecule has 2 bridgehead atoms. The number of ketones is 1. The first-order chi connectivity index (χ1) is 24.4. The van der Waals surface area contributed by atoms with E-state index in [1.165, 1.54) is 44.2 Å². The van der Waals surface area contributed by atoms with Gasteiger partial charge >= 0.3 is 17.9 Å². The van der Waals surface area contributed by atoms with Crippen LogP contribution in [0.1, 0.15) is 64.7 Å². The number of rotatable bonds is 8. The third kappa shape index (κ3) is 5.73. The summed E-state index contributed by atoms with van der Waals surface area (Å²) in [6, 6.07) is 13.8. The average Bonchev–Trinajstić information content (AvgIpc) is 3.07. The van der Waals surface area contributed by atoms with Crippen molar-refractivity contribution in [1.82, 2.24) is 0 Å². The molecule has 3 fully saturated rings. The van der Waals surface area contributed by atoms with Gasteiger partial charge in [0.25, 0.3) is 5.69 Å². The Kier molecular flexibility index (Phi) is 9.66. The molecule has 0 spiro atoms. The number of hydrogen-bond acceptors (Lipinski definition) is 14. The van der Waals surface area contributed by atoms with Crippen molar-refractivity contribution < 1.29 is 57.4 Å². The summed E-state index contributed by atoms with van der Waals surface area (Å²) in [5.74, 6) is -4.61. The standard InChI is InChI=1S/C37H41NO13S/c1-19-24(41)17-37(44)32(49-33(43)22-12-8-7-9-13-22)30-35(6,31(42)29(48-20(2)39)28(19)34(37,4)5)26(16-27-36(30,18-47-27)50-21(3)40)51-52-25-15-11-10-14-23(25)38(45)46/h7-15,24,26-27,29-30,32,41,44H,16-18H2,1-6H3/t24-,26-,27+,29+,30?,32-,35+,36+,37+/m0/s1. The highest BCUT2D eigenvalue weighted by atomic mass is 32.2. The first-order valence-electron chi connectivity index (χ1n) is 16.9. The number of para-hydroxylation sites is 1. The molecule has 4 aliphatic rings. The van der Waals surface area contributed by atoms with Gasteiger partial charge in [-0.05, 0) is 43.2 Å².